The average Bonchev–Trinajstić information content (AvgIpc) is 2.32. The number of anilines is 1. The van der Waals surface area contributed by atoms with Crippen LogP contribution in [0.25, 0.3) is 0 Å². The van der Waals surface area contributed by atoms with Crippen molar-refractivity contribution in [1.29, 1.82) is 0 Å². The molecule has 0 saturated carbocycles. The summed E-state index contributed by atoms with van der Waals surface area (Å²) >= 11 is 0. The second-order valence-corrected chi connectivity index (χ2v) is 5.01. The van der Waals surface area contributed by atoms with Gasteiger partial charge in [-0.25, -0.2) is 4.39 Å². The third kappa shape index (κ3) is 2.25. The van der Waals surface area contributed by atoms with Gasteiger partial charge in [-0.05, 0) is 32.0 Å². The van der Waals surface area contributed by atoms with Gasteiger partial charge in [-0.1, -0.05) is 0 Å². The van der Waals surface area contributed by atoms with Crippen LogP contribution in [-0.2, 0) is 4.79 Å². The van der Waals surface area contributed by atoms with Gasteiger partial charge in [0, 0.05) is 18.8 Å². The lowest BCUT2D eigenvalue weighted by Gasteiger charge is -2.41. The molecule has 1 aromatic rings. The van der Waals surface area contributed by atoms with Gasteiger partial charge in [-0.15, -0.1) is 0 Å². The van der Waals surface area contributed by atoms with Crippen molar-refractivity contribution in [2.75, 3.05) is 18.8 Å². The first-order chi connectivity index (χ1) is 8.84. The first kappa shape index (κ1) is 13.3. The van der Waals surface area contributed by atoms with Crippen molar-refractivity contribution >= 4 is 17.5 Å². The van der Waals surface area contributed by atoms with Crippen LogP contribution in [0, 0.1) is 5.82 Å². The first-order valence-electron chi connectivity index (χ1n) is 5.99. The van der Waals surface area contributed by atoms with Crippen LogP contribution in [0.15, 0.2) is 18.2 Å². The maximum Gasteiger partial charge on any atom is 0.257 e. The summed E-state index contributed by atoms with van der Waals surface area (Å²) < 4.78 is 13.8. The number of halogens is 1. The van der Waals surface area contributed by atoms with Gasteiger partial charge < -0.3 is 16.0 Å². The van der Waals surface area contributed by atoms with Crippen LogP contribution in [-0.4, -0.2) is 35.3 Å². The van der Waals surface area contributed by atoms with E-state index in [4.69, 9.17) is 5.73 Å². The molecular weight excluding hydrogens is 249 g/mol. The normalized spacial score (nSPS) is 18.1. The van der Waals surface area contributed by atoms with Crippen molar-refractivity contribution in [3.8, 4) is 0 Å². The second kappa shape index (κ2) is 4.53. The third-order valence-electron chi connectivity index (χ3n) is 3.32. The van der Waals surface area contributed by atoms with Crippen molar-refractivity contribution in [2.45, 2.75) is 19.4 Å². The molecule has 0 aliphatic carbocycles. The van der Waals surface area contributed by atoms with Crippen molar-refractivity contribution in [2.24, 2.45) is 0 Å². The molecule has 0 radical (unpaired) electrons. The van der Waals surface area contributed by atoms with E-state index >= 15 is 0 Å². The number of amides is 2. The Balaban J connectivity index is 2.35. The molecule has 0 spiro atoms. The summed E-state index contributed by atoms with van der Waals surface area (Å²) in [6, 6.07) is 3.91. The lowest BCUT2D eigenvalue weighted by atomic mass is 9.97. The molecule has 1 aliphatic heterocycles. The van der Waals surface area contributed by atoms with Crippen LogP contribution in [0.3, 0.4) is 0 Å². The molecule has 3 N–H and O–H groups in total. The quantitative estimate of drug-likeness (QED) is 0.736. The molecule has 1 fully saturated rings. The molecule has 102 valence electrons. The molecule has 5 nitrogen and oxygen atoms in total. The Morgan fingerprint density at radius 2 is 2.16 bits per heavy atom. The summed E-state index contributed by atoms with van der Waals surface area (Å²) in [5, 5.41) is 2.69. The number of nitrogens with one attached hydrogen (secondary N) is 1. The van der Waals surface area contributed by atoms with E-state index in [-0.39, 0.29) is 17.2 Å². The Morgan fingerprint density at radius 1 is 1.47 bits per heavy atom. The number of rotatable bonds is 1. The highest BCUT2D eigenvalue weighted by Gasteiger charge is 2.41. The Morgan fingerprint density at radius 3 is 2.79 bits per heavy atom. The number of hydrogen-bond donors (Lipinski definition) is 2. The van der Waals surface area contributed by atoms with E-state index < -0.39 is 17.3 Å². The van der Waals surface area contributed by atoms with Crippen LogP contribution < -0.4 is 11.1 Å². The van der Waals surface area contributed by atoms with E-state index in [1.807, 2.05) is 0 Å². The number of piperazine rings is 1. The summed E-state index contributed by atoms with van der Waals surface area (Å²) in [7, 11) is 0. The molecule has 0 unspecified atom stereocenters. The highest BCUT2D eigenvalue weighted by atomic mass is 19.1. The molecule has 2 amide bonds. The molecular formula is C13H16FN3O2. The highest BCUT2D eigenvalue weighted by Crippen LogP contribution is 2.22. The van der Waals surface area contributed by atoms with Crippen LogP contribution in [0.1, 0.15) is 24.2 Å². The number of carbonyl (C=O) groups excluding carboxylic acids is 2. The van der Waals surface area contributed by atoms with E-state index in [0.29, 0.717) is 13.1 Å². The summed E-state index contributed by atoms with van der Waals surface area (Å²) in [5.41, 5.74) is 4.64. The number of nitrogens with zero attached hydrogens (tertiary/aromatic N) is 1. The molecule has 2 rings (SSSR count). The predicted molar refractivity (Wildman–Crippen MR) is 68.9 cm³/mol. The Kier molecular flexibility index (Phi) is 3.18. The standard InChI is InChI=1S/C13H16FN3O2/c1-13(2)12(19)16-5-6-17(13)11(18)9-4-3-8(15)7-10(9)14/h3-4,7H,5-6,15H2,1-2H3,(H,16,19). The largest absolute Gasteiger partial charge is 0.399 e. The molecule has 19 heavy (non-hydrogen) atoms. The van der Waals surface area contributed by atoms with Gasteiger partial charge in [-0.2, -0.15) is 0 Å². The molecule has 1 saturated heterocycles. The van der Waals surface area contributed by atoms with Crippen molar-refractivity contribution < 1.29 is 14.0 Å². The molecule has 1 heterocycles. The Bertz CT molecular complexity index is 543. The predicted octanol–water partition coefficient (Wildman–Crippen LogP) is 0.759. The minimum absolute atomic E-state index is 0.0722. The zero-order chi connectivity index (χ0) is 14.2. The van der Waals surface area contributed by atoms with Crippen LogP contribution in [0.4, 0.5) is 10.1 Å². The van der Waals surface area contributed by atoms with Gasteiger partial charge >= 0.3 is 0 Å². The monoisotopic (exact) mass is 265 g/mol. The van der Waals surface area contributed by atoms with Crippen molar-refractivity contribution in [3.05, 3.63) is 29.6 Å². The third-order valence-corrected chi connectivity index (χ3v) is 3.32. The van der Waals surface area contributed by atoms with E-state index in [1.54, 1.807) is 13.8 Å². The van der Waals surface area contributed by atoms with Crippen LogP contribution in [0.5, 0.6) is 0 Å². The van der Waals surface area contributed by atoms with E-state index in [9.17, 15) is 14.0 Å². The smallest absolute Gasteiger partial charge is 0.257 e. The molecule has 1 aromatic carbocycles. The Hall–Kier alpha value is -2.11. The maximum absolute atomic E-state index is 13.8. The number of benzene rings is 1. The van der Waals surface area contributed by atoms with Crippen LogP contribution >= 0.6 is 0 Å². The minimum Gasteiger partial charge on any atom is -0.399 e. The first-order valence-corrected chi connectivity index (χ1v) is 5.99. The van der Waals surface area contributed by atoms with Gasteiger partial charge in [0.2, 0.25) is 5.91 Å². The molecule has 0 atom stereocenters. The van der Waals surface area contributed by atoms with Crippen molar-refractivity contribution in [1.82, 2.24) is 10.2 Å². The zero-order valence-electron chi connectivity index (χ0n) is 10.9. The maximum atomic E-state index is 13.8. The van der Waals surface area contributed by atoms with Gasteiger partial charge in [0.25, 0.3) is 5.91 Å². The average molecular weight is 265 g/mol. The van der Waals surface area contributed by atoms with Crippen LogP contribution in [0.2, 0.25) is 0 Å². The van der Waals surface area contributed by atoms with Gasteiger partial charge in [0.1, 0.15) is 11.4 Å². The molecule has 0 aromatic heterocycles. The summed E-state index contributed by atoms with van der Waals surface area (Å²) in [6.45, 7) is 3.98. The lowest BCUT2D eigenvalue weighted by Crippen LogP contribution is -2.63. The number of carbonyl (C=O) groups is 2. The zero-order valence-corrected chi connectivity index (χ0v) is 10.9. The van der Waals surface area contributed by atoms with E-state index in [0.717, 1.165) is 6.07 Å². The fourth-order valence-corrected chi connectivity index (χ4v) is 2.11. The van der Waals surface area contributed by atoms with Gasteiger partial charge in [0.05, 0.1) is 5.56 Å². The lowest BCUT2D eigenvalue weighted by molar-refractivity contribution is -0.133. The molecule has 6 heteroatoms. The van der Waals surface area contributed by atoms with E-state index in [1.165, 1.54) is 17.0 Å². The number of nitrogens with two attached hydrogens (primary N) is 1. The number of nitrogen functional groups attached to an aromatic ring is 1. The van der Waals surface area contributed by atoms with E-state index in [2.05, 4.69) is 5.32 Å². The highest BCUT2D eigenvalue weighted by molar-refractivity contribution is 6.00. The summed E-state index contributed by atoms with van der Waals surface area (Å²) in [6.07, 6.45) is 0. The number of hydrogen-bond acceptors (Lipinski definition) is 3. The minimum atomic E-state index is -0.997. The second-order valence-electron chi connectivity index (χ2n) is 5.01. The SMILES string of the molecule is CC1(C)C(=O)NCCN1C(=O)c1ccc(N)cc1F. The Labute approximate surface area is 110 Å². The molecule has 1 aliphatic rings. The summed E-state index contributed by atoms with van der Waals surface area (Å²) in [5.74, 6) is -1.42. The topological polar surface area (TPSA) is 75.4 Å². The summed E-state index contributed by atoms with van der Waals surface area (Å²) in [4.78, 5) is 25.5. The van der Waals surface area contributed by atoms with Gasteiger partial charge in [0.15, 0.2) is 0 Å². The fraction of sp³-hybridized carbons (Fsp3) is 0.385. The fourth-order valence-electron chi connectivity index (χ4n) is 2.11. The molecule has 0 bridgehead atoms. The van der Waals surface area contributed by atoms with Crippen molar-refractivity contribution in [3.63, 3.8) is 0 Å². The van der Waals surface area contributed by atoms with Gasteiger partial charge in [-0.3, -0.25) is 9.59 Å².